The normalized spacial score (nSPS) is 18.3. The topological polar surface area (TPSA) is 52.2 Å². The predicted octanol–water partition coefficient (Wildman–Crippen LogP) is -0.0237. The van der Waals surface area contributed by atoms with E-state index in [0.29, 0.717) is 32.5 Å². The molecule has 1 rings (SSSR count). The molecule has 0 aromatic carbocycles. The molecule has 6 nitrogen and oxygen atoms in total. The van der Waals surface area contributed by atoms with Crippen LogP contribution in [0.4, 0.5) is 0 Å². The third-order valence-electron chi connectivity index (χ3n) is 3.18. The van der Waals surface area contributed by atoms with Gasteiger partial charge in [0, 0.05) is 39.3 Å². The number of methoxy groups -OCH3 is 1. The SMILES string of the molecule is COCCOCCOCCNC(C)CN1CCOCC1. The number of morpholine rings is 1. The van der Waals surface area contributed by atoms with Crippen molar-refractivity contribution in [3.63, 3.8) is 0 Å². The van der Waals surface area contributed by atoms with Crippen molar-refractivity contribution in [3.05, 3.63) is 0 Å². The van der Waals surface area contributed by atoms with Gasteiger partial charge in [0.2, 0.25) is 0 Å². The lowest BCUT2D eigenvalue weighted by Crippen LogP contribution is -2.45. The van der Waals surface area contributed by atoms with Crippen LogP contribution in [-0.2, 0) is 18.9 Å². The molecular weight excluding hydrogens is 260 g/mol. The molecule has 0 aliphatic carbocycles. The van der Waals surface area contributed by atoms with Crippen LogP contribution in [-0.4, -0.2) is 90.5 Å². The average molecular weight is 290 g/mol. The molecule has 120 valence electrons. The van der Waals surface area contributed by atoms with Crippen LogP contribution in [0.15, 0.2) is 0 Å². The summed E-state index contributed by atoms with van der Waals surface area (Å²) >= 11 is 0. The molecule has 1 unspecified atom stereocenters. The molecule has 1 heterocycles. The number of ether oxygens (including phenoxy) is 4. The summed E-state index contributed by atoms with van der Waals surface area (Å²) in [7, 11) is 1.67. The average Bonchev–Trinajstić information content (AvgIpc) is 2.46. The number of rotatable bonds is 12. The van der Waals surface area contributed by atoms with Crippen LogP contribution in [0.1, 0.15) is 6.92 Å². The van der Waals surface area contributed by atoms with Crippen LogP contribution >= 0.6 is 0 Å². The maximum atomic E-state index is 5.49. The molecule has 0 spiro atoms. The van der Waals surface area contributed by atoms with Crippen molar-refractivity contribution in [2.45, 2.75) is 13.0 Å². The zero-order valence-corrected chi connectivity index (χ0v) is 12.9. The first kappa shape index (κ1) is 17.8. The maximum Gasteiger partial charge on any atom is 0.0701 e. The van der Waals surface area contributed by atoms with E-state index in [1.807, 2.05) is 0 Å². The van der Waals surface area contributed by atoms with Crippen molar-refractivity contribution in [2.75, 3.05) is 79.5 Å². The van der Waals surface area contributed by atoms with Gasteiger partial charge in [-0.1, -0.05) is 0 Å². The molecule has 1 saturated heterocycles. The monoisotopic (exact) mass is 290 g/mol. The third-order valence-corrected chi connectivity index (χ3v) is 3.18. The molecule has 0 amide bonds. The fraction of sp³-hybridized carbons (Fsp3) is 1.00. The Morgan fingerprint density at radius 1 is 1.05 bits per heavy atom. The molecule has 0 radical (unpaired) electrons. The van der Waals surface area contributed by atoms with Crippen LogP contribution in [0.3, 0.4) is 0 Å². The summed E-state index contributed by atoms with van der Waals surface area (Å²) in [6.45, 7) is 11.2. The number of hydrogen-bond acceptors (Lipinski definition) is 6. The van der Waals surface area contributed by atoms with Crippen molar-refractivity contribution >= 4 is 0 Å². The van der Waals surface area contributed by atoms with Crippen LogP contribution in [0.25, 0.3) is 0 Å². The molecule has 1 atom stereocenters. The summed E-state index contributed by atoms with van der Waals surface area (Å²) in [6, 6.07) is 0.481. The highest BCUT2D eigenvalue weighted by molar-refractivity contribution is 4.69. The molecule has 1 N–H and O–H groups in total. The van der Waals surface area contributed by atoms with E-state index < -0.39 is 0 Å². The molecule has 0 saturated carbocycles. The van der Waals surface area contributed by atoms with Gasteiger partial charge in [-0.3, -0.25) is 4.90 Å². The van der Waals surface area contributed by atoms with Crippen molar-refractivity contribution in [2.24, 2.45) is 0 Å². The lowest BCUT2D eigenvalue weighted by atomic mass is 10.3. The summed E-state index contributed by atoms with van der Waals surface area (Å²) in [4.78, 5) is 2.44. The highest BCUT2D eigenvalue weighted by Crippen LogP contribution is 1.98. The lowest BCUT2D eigenvalue weighted by molar-refractivity contribution is 0.0234. The summed E-state index contributed by atoms with van der Waals surface area (Å²) < 4.78 is 21.0. The minimum atomic E-state index is 0.481. The minimum Gasteiger partial charge on any atom is -0.382 e. The van der Waals surface area contributed by atoms with Gasteiger partial charge < -0.3 is 24.3 Å². The van der Waals surface area contributed by atoms with E-state index in [0.717, 1.165) is 46.0 Å². The Bertz CT molecular complexity index is 213. The molecule has 1 fully saturated rings. The predicted molar refractivity (Wildman–Crippen MR) is 78.2 cm³/mol. The highest BCUT2D eigenvalue weighted by Gasteiger charge is 2.12. The fourth-order valence-corrected chi connectivity index (χ4v) is 2.08. The van der Waals surface area contributed by atoms with Gasteiger partial charge in [0.15, 0.2) is 0 Å². The van der Waals surface area contributed by atoms with E-state index >= 15 is 0 Å². The van der Waals surface area contributed by atoms with Gasteiger partial charge in [0.05, 0.1) is 46.2 Å². The third kappa shape index (κ3) is 9.63. The molecule has 0 bridgehead atoms. The van der Waals surface area contributed by atoms with Gasteiger partial charge in [0.1, 0.15) is 0 Å². The van der Waals surface area contributed by atoms with Crippen LogP contribution in [0.2, 0.25) is 0 Å². The smallest absolute Gasteiger partial charge is 0.0701 e. The second kappa shape index (κ2) is 12.5. The number of hydrogen-bond donors (Lipinski definition) is 1. The zero-order chi connectivity index (χ0) is 14.5. The number of nitrogens with zero attached hydrogens (tertiary/aromatic N) is 1. The second-order valence-electron chi connectivity index (χ2n) is 4.99. The quantitative estimate of drug-likeness (QED) is 0.510. The molecule has 0 aromatic rings. The van der Waals surface area contributed by atoms with Crippen molar-refractivity contribution in [1.82, 2.24) is 10.2 Å². The van der Waals surface area contributed by atoms with Crippen molar-refractivity contribution in [3.8, 4) is 0 Å². The van der Waals surface area contributed by atoms with E-state index in [1.54, 1.807) is 7.11 Å². The molecule has 6 heteroatoms. The minimum absolute atomic E-state index is 0.481. The molecule has 1 aliphatic heterocycles. The summed E-state index contributed by atoms with van der Waals surface area (Å²) in [5.41, 5.74) is 0. The fourth-order valence-electron chi connectivity index (χ4n) is 2.08. The summed E-state index contributed by atoms with van der Waals surface area (Å²) in [5, 5.41) is 3.47. The van der Waals surface area contributed by atoms with Gasteiger partial charge in [-0.05, 0) is 6.92 Å². The first-order chi connectivity index (χ1) is 9.83. The lowest BCUT2D eigenvalue weighted by Gasteiger charge is -2.29. The second-order valence-corrected chi connectivity index (χ2v) is 4.99. The van der Waals surface area contributed by atoms with Gasteiger partial charge in [0.25, 0.3) is 0 Å². The summed E-state index contributed by atoms with van der Waals surface area (Å²) in [6.07, 6.45) is 0. The Morgan fingerprint density at radius 2 is 1.70 bits per heavy atom. The van der Waals surface area contributed by atoms with Gasteiger partial charge >= 0.3 is 0 Å². The van der Waals surface area contributed by atoms with E-state index in [-0.39, 0.29) is 0 Å². The van der Waals surface area contributed by atoms with Crippen LogP contribution < -0.4 is 5.32 Å². The van der Waals surface area contributed by atoms with E-state index in [1.165, 1.54) is 0 Å². The van der Waals surface area contributed by atoms with E-state index in [4.69, 9.17) is 18.9 Å². The molecule has 0 aromatic heterocycles. The highest BCUT2D eigenvalue weighted by atomic mass is 16.5. The van der Waals surface area contributed by atoms with Crippen LogP contribution in [0.5, 0.6) is 0 Å². The van der Waals surface area contributed by atoms with Crippen LogP contribution in [0, 0.1) is 0 Å². The van der Waals surface area contributed by atoms with E-state index in [2.05, 4.69) is 17.1 Å². The first-order valence-electron chi connectivity index (χ1n) is 7.51. The first-order valence-corrected chi connectivity index (χ1v) is 7.51. The van der Waals surface area contributed by atoms with Gasteiger partial charge in [-0.15, -0.1) is 0 Å². The standard InChI is InChI=1S/C14H30N2O4/c1-14(13-16-4-7-19-8-5-16)15-3-6-18-11-12-20-10-9-17-2/h14-15H,3-13H2,1-2H3. The zero-order valence-electron chi connectivity index (χ0n) is 12.9. The Kier molecular flexibility index (Phi) is 11.1. The Balaban J connectivity index is 1.83. The van der Waals surface area contributed by atoms with Crippen molar-refractivity contribution in [1.29, 1.82) is 0 Å². The van der Waals surface area contributed by atoms with E-state index in [9.17, 15) is 0 Å². The molecule has 1 aliphatic rings. The van der Waals surface area contributed by atoms with Crippen molar-refractivity contribution < 1.29 is 18.9 Å². The van der Waals surface area contributed by atoms with Gasteiger partial charge in [-0.25, -0.2) is 0 Å². The summed E-state index contributed by atoms with van der Waals surface area (Å²) in [5.74, 6) is 0. The molecule has 20 heavy (non-hydrogen) atoms. The maximum absolute atomic E-state index is 5.49. The Hall–Kier alpha value is -0.240. The van der Waals surface area contributed by atoms with Gasteiger partial charge in [-0.2, -0.15) is 0 Å². The Labute approximate surface area is 122 Å². The Morgan fingerprint density at radius 3 is 2.40 bits per heavy atom. The largest absolute Gasteiger partial charge is 0.382 e. The number of nitrogens with one attached hydrogen (secondary N) is 1. The molecular formula is C14H30N2O4.